The van der Waals surface area contributed by atoms with E-state index in [1.54, 1.807) is 11.1 Å². The molecule has 0 saturated carbocycles. The molecule has 0 unspecified atom stereocenters. The summed E-state index contributed by atoms with van der Waals surface area (Å²) in [5.74, 6) is -0.183. The van der Waals surface area contributed by atoms with Gasteiger partial charge < -0.3 is 9.64 Å². The highest BCUT2D eigenvalue weighted by molar-refractivity contribution is 6.10. The lowest BCUT2D eigenvalue weighted by Gasteiger charge is -2.09. The van der Waals surface area contributed by atoms with Gasteiger partial charge in [0.15, 0.2) is 5.76 Å². The van der Waals surface area contributed by atoms with Crippen molar-refractivity contribution in [2.24, 2.45) is 0 Å². The normalized spacial score (nSPS) is 16.7. The van der Waals surface area contributed by atoms with Crippen molar-refractivity contribution in [3.63, 3.8) is 0 Å². The molecule has 0 saturated heterocycles. The SMILES string of the molecule is CN(C)/C=C1/OC(=O)C(C#N)=C1c1ccccc1. The van der Waals surface area contributed by atoms with Crippen LogP contribution in [0.1, 0.15) is 5.56 Å². The second kappa shape index (κ2) is 4.76. The van der Waals surface area contributed by atoms with Crippen molar-refractivity contribution in [2.45, 2.75) is 0 Å². The molecule has 0 bridgehead atoms. The van der Waals surface area contributed by atoms with Crippen LogP contribution in [0.15, 0.2) is 47.9 Å². The molecular weight excluding hydrogens is 228 g/mol. The van der Waals surface area contributed by atoms with Gasteiger partial charge in [0.05, 0.1) is 5.57 Å². The predicted octanol–water partition coefficient (Wildman–Crippen LogP) is 1.92. The Balaban J connectivity index is 2.60. The number of hydrogen-bond donors (Lipinski definition) is 0. The summed E-state index contributed by atoms with van der Waals surface area (Å²) in [5.41, 5.74) is 1.40. The van der Waals surface area contributed by atoms with Crippen LogP contribution in [-0.2, 0) is 9.53 Å². The van der Waals surface area contributed by atoms with Crippen LogP contribution in [-0.4, -0.2) is 25.0 Å². The van der Waals surface area contributed by atoms with Gasteiger partial charge in [-0.15, -0.1) is 0 Å². The first-order valence-electron chi connectivity index (χ1n) is 5.44. The van der Waals surface area contributed by atoms with E-state index in [-0.39, 0.29) is 5.57 Å². The van der Waals surface area contributed by atoms with Crippen molar-refractivity contribution in [1.29, 1.82) is 5.26 Å². The largest absolute Gasteiger partial charge is 0.420 e. The third kappa shape index (κ3) is 2.11. The van der Waals surface area contributed by atoms with E-state index in [4.69, 9.17) is 10.00 Å². The number of ether oxygens (including phenoxy) is 1. The zero-order valence-corrected chi connectivity index (χ0v) is 10.2. The summed E-state index contributed by atoms with van der Waals surface area (Å²) in [6.45, 7) is 0. The summed E-state index contributed by atoms with van der Waals surface area (Å²) in [4.78, 5) is 13.4. The molecule has 1 aromatic rings. The number of carbonyl (C=O) groups excluding carboxylic acids is 1. The van der Waals surface area contributed by atoms with Crippen molar-refractivity contribution in [2.75, 3.05) is 14.1 Å². The molecule has 18 heavy (non-hydrogen) atoms. The fourth-order valence-electron chi connectivity index (χ4n) is 1.75. The summed E-state index contributed by atoms with van der Waals surface area (Å²) >= 11 is 0. The van der Waals surface area contributed by atoms with Crippen LogP contribution in [0.3, 0.4) is 0 Å². The van der Waals surface area contributed by atoms with Crippen LogP contribution in [0.4, 0.5) is 0 Å². The smallest absolute Gasteiger partial charge is 0.355 e. The Hall–Kier alpha value is -2.54. The minimum atomic E-state index is -0.593. The Kier molecular flexibility index (Phi) is 3.16. The van der Waals surface area contributed by atoms with Crippen LogP contribution in [0.2, 0.25) is 0 Å². The number of allylic oxidation sites excluding steroid dienone is 1. The predicted molar refractivity (Wildman–Crippen MR) is 66.8 cm³/mol. The Morgan fingerprint density at radius 2 is 1.94 bits per heavy atom. The molecule has 0 atom stereocenters. The van der Waals surface area contributed by atoms with E-state index >= 15 is 0 Å². The van der Waals surface area contributed by atoms with Gasteiger partial charge in [0.25, 0.3) is 0 Å². The summed E-state index contributed by atoms with van der Waals surface area (Å²) in [6, 6.07) is 11.2. The van der Waals surface area contributed by atoms with Gasteiger partial charge in [-0.25, -0.2) is 4.79 Å². The lowest BCUT2D eigenvalue weighted by atomic mass is 10.0. The van der Waals surface area contributed by atoms with Crippen molar-refractivity contribution in [3.8, 4) is 6.07 Å². The van der Waals surface area contributed by atoms with Gasteiger partial charge in [0, 0.05) is 20.3 Å². The van der Waals surface area contributed by atoms with E-state index in [9.17, 15) is 4.79 Å². The fourth-order valence-corrected chi connectivity index (χ4v) is 1.75. The van der Waals surface area contributed by atoms with Gasteiger partial charge in [-0.1, -0.05) is 30.3 Å². The molecule has 0 aromatic heterocycles. The van der Waals surface area contributed by atoms with Gasteiger partial charge in [-0.2, -0.15) is 5.26 Å². The summed E-state index contributed by atoms with van der Waals surface area (Å²) in [6.07, 6.45) is 1.69. The first kappa shape index (κ1) is 11.9. The first-order chi connectivity index (χ1) is 8.63. The number of rotatable bonds is 2. The third-order valence-corrected chi connectivity index (χ3v) is 2.45. The Labute approximate surface area is 105 Å². The molecule has 0 radical (unpaired) electrons. The molecule has 0 aliphatic carbocycles. The maximum atomic E-state index is 11.6. The molecule has 1 aliphatic rings. The molecule has 0 spiro atoms. The number of nitrogens with zero attached hydrogens (tertiary/aromatic N) is 2. The fraction of sp³-hybridized carbons (Fsp3) is 0.143. The van der Waals surface area contributed by atoms with E-state index in [2.05, 4.69) is 0 Å². The number of benzene rings is 1. The maximum Gasteiger partial charge on any atom is 0.355 e. The van der Waals surface area contributed by atoms with Crippen molar-refractivity contribution in [3.05, 3.63) is 53.4 Å². The average molecular weight is 240 g/mol. The summed E-state index contributed by atoms with van der Waals surface area (Å²) in [7, 11) is 3.65. The lowest BCUT2D eigenvalue weighted by molar-refractivity contribution is -0.132. The number of hydrogen-bond acceptors (Lipinski definition) is 4. The van der Waals surface area contributed by atoms with Crippen LogP contribution in [0, 0.1) is 11.3 Å². The Morgan fingerprint density at radius 3 is 2.50 bits per heavy atom. The molecule has 0 amide bonds. The Bertz CT molecular complexity index is 578. The van der Waals surface area contributed by atoms with Crippen LogP contribution in [0.5, 0.6) is 0 Å². The standard InChI is InChI=1S/C14H12N2O2/c1-16(2)9-12-13(10-6-4-3-5-7-10)11(8-15)14(17)18-12/h3-7,9H,1-2H3/b12-9+. The van der Waals surface area contributed by atoms with Gasteiger partial charge in [-0.05, 0) is 5.56 Å². The quantitative estimate of drug-likeness (QED) is 0.741. The van der Waals surface area contributed by atoms with Crippen LogP contribution in [0.25, 0.3) is 5.57 Å². The number of carbonyl (C=O) groups is 1. The molecule has 90 valence electrons. The lowest BCUT2D eigenvalue weighted by Crippen LogP contribution is -2.04. The molecule has 1 aliphatic heterocycles. The molecule has 1 heterocycles. The zero-order chi connectivity index (χ0) is 13.1. The molecule has 0 fully saturated rings. The zero-order valence-electron chi connectivity index (χ0n) is 10.2. The van der Waals surface area contributed by atoms with E-state index < -0.39 is 5.97 Å². The minimum Gasteiger partial charge on any atom is -0.420 e. The van der Waals surface area contributed by atoms with E-state index in [0.29, 0.717) is 11.3 Å². The van der Waals surface area contributed by atoms with Crippen molar-refractivity contribution >= 4 is 11.5 Å². The van der Waals surface area contributed by atoms with Gasteiger partial charge in [0.2, 0.25) is 0 Å². The molecule has 0 N–H and O–H groups in total. The second-order valence-corrected chi connectivity index (χ2v) is 4.07. The van der Waals surface area contributed by atoms with Crippen molar-refractivity contribution < 1.29 is 9.53 Å². The second-order valence-electron chi connectivity index (χ2n) is 4.07. The number of esters is 1. The third-order valence-electron chi connectivity index (χ3n) is 2.45. The number of nitriles is 1. The van der Waals surface area contributed by atoms with Gasteiger partial charge in [-0.3, -0.25) is 0 Å². The topological polar surface area (TPSA) is 53.3 Å². The van der Waals surface area contributed by atoms with Gasteiger partial charge >= 0.3 is 5.97 Å². The van der Waals surface area contributed by atoms with E-state index in [1.165, 1.54) is 0 Å². The molecule has 4 heteroatoms. The minimum absolute atomic E-state index is 0.0503. The highest BCUT2D eigenvalue weighted by Gasteiger charge is 2.31. The van der Waals surface area contributed by atoms with Crippen molar-refractivity contribution in [1.82, 2.24) is 4.90 Å². The Morgan fingerprint density at radius 1 is 1.28 bits per heavy atom. The maximum absolute atomic E-state index is 11.6. The van der Waals surface area contributed by atoms with Crippen LogP contribution < -0.4 is 0 Å². The highest BCUT2D eigenvalue weighted by atomic mass is 16.5. The molecule has 2 rings (SSSR count). The van der Waals surface area contributed by atoms with Gasteiger partial charge in [0.1, 0.15) is 11.6 Å². The molecule has 1 aromatic carbocycles. The highest BCUT2D eigenvalue weighted by Crippen LogP contribution is 2.34. The monoisotopic (exact) mass is 240 g/mol. The number of cyclic esters (lactones) is 1. The summed E-state index contributed by atoms with van der Waals surface area (Å²) in [5, 5.41) is 9.07. The summed E-state index contributed by atoms with van der Waals surface area (Å²) < 4.78 is 5.13. The molecule has 4 nitrogen and oxygen atoms in total. The van der Waals surface area contributed by atoms with Crippen LogP contribution >= 0.6 is 0 Å². The first-order valence-corrected chi connectivity index (χ1v) is 5.44. The van der Waals surface area contributed by atoms with E-state index in [0.717, 1.165) is 5.56 Å². The average Bonchev–Trinajstić information content (AvgIpc) is 2.65. The van der Waals surface area contributed by atoms with E-state index in [1.807, 2.05) is 50.5 Å². The molecular formula is C14H12N2O2.